The third-order valence-electron chi connectivity index (χ3n) is 3.49. The molecule has 0 aromatic carbocycles. The van der Waals surface area contributed by atoms with E-state index >= 15 is 0 Å². The number of rotatable bonds is 4. The third-order valence-corrected chi connectivity index (χ3v) is 3.49. The van der Waals surface area contributed by atoms with Gasteiger partial charge in [-0.05, 0) is 25.3 Å². The van der Waals surface area contributed by atoms with Crippen molar-refractivity contribution in [2.75, 3.05) is 13.7 Å². The van der Waals surface area contributed by atoms with E-state index < -0.39 is 0 Å². The second-order valence-electron chi connectivity index (χ2n) is 5.09. The van der Waals surface area contributed by atoms with E-state index in [2.05, 4.69) is 10.3 Å². The summed E-state index contributed by atoms with van der Waals surface area (Å²) < 4.78 is 6.86. The van der Waals surface area contributed by atoms with Crippen LogP contribution in [0.5, 0.6) is 0 Å². The molecule has 0 amide bonds. The molecule has 0 aliphatic carbocycles. The Morgan fingerprint density at radius 1 is 1.61 bits per heavy atom. The molecule has 100 valence electrons. The monoisotopic (exact) mass is 251 g/mol. The van der Waals surface area contributed by atoms with E-state index in [9.17, 15) is 4.79 Å². The highest BCUT2D eigenvalue weighted by molar-refractivity contribution is 5.74. The first-order valence-corrected chi connectivity index (χ1v) is 6.48. The van der Waals surface area contributed by atoms with Gasteiger partial charge in [-0.1, -0.05) is 13.8 Å². The van der Waals surface area contributed by atoms with E-state index in [0.29, 0.717) is 6.04 Å². The van der Waals surface area contributed by atoms with Crippen molar-refractivity contribution in [2.24, 2.45) is 5.92 Å². The topological polar surface area (TPSA) is 56.2 Å². The summed E-state index contributed by atoms with van der Waals surface area (Å²) in [5.41, 5.74) is 1.08. The second-order valence-corrected chi connectivity index (χ2v) is 5.09. The fraction of sp³-hybridized carbons (Fsp3) is 0.692. The number of nitrogens with one attached hydrogen (secondary N) is 1. The van der Waals surface area contributed by atoms with Crippen molar-refractivity contribution in [2.45, 2.75) is 38.8 Å². The second kappa shape index (κ2) is 5.52. The molecule has 2 heterocycles. The molecule has 0 bridgehead atoms. The molecule has 1 N–H and O–H groups in total. The number of ether oxygens (including phenoxy) is 1. The predicted octanol–water partition coefficient (Wildman–Crippen LogP) is 1.68. The number of hydrogen-bond acceptors (Lipinski definition) is 4. The Hall–Kier alpha value is -1.36. The van der Waals surface area contributed by atoms with Crippen molar-refractivity contribution >= 4 is 5.97 Å². The third kappa shape index (κ3) is 2.41. The minimum absolute atomic E-state index is 0.173. The number of carbonyl (C=O) groups is 1. The van der Waals surface area contributed by atoms with Gasteiger partial charge >= 0.3 is 5.97 Å². The van der Waals surface area contributed by atoms with E-state index in [1.54, 1.807) is 6.33 Å². The lowest BCUT2D eigenvalue weighted by atomic mass is 10.0. The van der Waals surface area contributed by atoms with Crippen LogP contribution in [0.4, 0.5) is 0 Å². The van der Waals surface area contributed by atoms with E-state index in [0.717, 1.165) is 18.7 Å². The molecule has 0 radical (unpaired) electrons. The number of nitrogens with zero attached hydrogens (tertiary/aromatic N) is 2. The lowest BCUT2D eigenvalue weighted by Crippen LogP contribution is -2.28. The summed E-state index contributed by atoms with van der Waals surface area (Å²) in [5.74, 6) is -0.0333. The molecule has 1 aliphatic rings. The van der Waals surface area contributed by atoms with Crippen molar-refractivity contribution < 1.29 is 9.53 Å². The normalized spacial score (nSPS) is 21.2. The lowest BCUT2D eigenvalue weighted by Gasteiger charge is -2.24. The van der Waals surface area contributed by atoms with Crippen LogP contribution in [0.25, 0.3) is 0 Å². The summed E-state index contributed by atoms with van der Waals surface area (Å²) in [4.78, 5) is 16.1. The highest BCUT2D eigenvalue weighted by Crippen LogP contribution is 2.28. The van der Waals surface area contributed by atoms with Gasteiger partial charge in [-0.15, -0.1) is 0 Å². The first-order chi connectivity index (χ1) is 8.65. The number of aromatic nitrogens is 2. The Kier molecular flexibility index (Phi) is 4.01. The van der Waals surface area contributed by atoms with Crippen molar-refractivity contribution in [3.8, 4) is 0 Å². The molecule has 5 heteroatoms. The highest BCUT2D eigenvalue weighted by Gasteiger charge is 2.29. The van der Waals surface area contributed by atoms with Gasteiger partial charge in [0.05, 0.1) is 19.1 Å². The van der Waals surface area contributed by atoms with E-state index in [1.165, 1.54) is 13.5 Å². The molecule has 1 aromatic heterocycles. The van der Waals surface area contributed by atoms with Crippen LogP contribution in [0, 0.1) is 5.92 Å². The van der Waals surface area contributed by atoms with Crippen LogP contribution in [0.1, 0.15) is 44.5 Å². The average molecular weight is 251 g/mol. The van der Waals surface area contributed by atoms with Crippen LogP contribution in [-0.2, 0) is 9.53 Å². The van der Waals surface area contributed by atoms with Crippen LogP contribution < -0.4 is 5.32 Å². The van der Waals surface area contributed by atoms with Gasteiger partial charge in [-0.25, -0.2) is 9.78 Å². The minimum atomic E-state index is -0.296. The molecular weight excluding hydrogens is 230 g/mol. The van der Waals surface area contributed by atoms with Crippen LogP contribution in [0.2, 0.25) is 0 Å². The van der Waals surface area contributed by atoms with Crippen LogP contribution in [0.15, 0.2) is 12.5 Å². The summed E-state index contributed by atoms with van der Waals surface area (Å²) in [7, 11) is 1.43. The lowest BCUT2D eigenvalue weighted by molar-refractivity contribution is -0.146. The maximum atomic E-state index is 11.9. The van der Waals surface area contributed by atoms with Gasteiger partial charge in [0.2, 0.25) is 0 Å². The number of hydrogen-bond donors (Lipinski definition) is 1. The largest absolute Gasteiger partial charge is 0.467 e. The van der Waals surface area contributed by atoms with Crippen LogP contribution >= 0.6 is 0 Å². The van der Waals surface area contributed by atoms with Gasteiger partial charge in [0.15, 0.2) is 0 Å². The molecule has 0 spiro atoms. The number of carbonyl (C=O) groups excluding carboxylic acids is 1. The molecule has 2 unspecified atom stereocenters. The highest BCUT2D eigenvalue weighted by atomic mass is 16.5. The maximum absolute atomic E-state index is 11.9. The quantitative estimate of drug-likeness (QED) is 0.827. The molecule has 18 heavy (non-hydrogen) atoms. The summed E-state index contributed by atoms with van der Waals surface area (Å²) in [5, 5.41) is 3.44. The summed E-state index contributed by atoms with van der Waals surface area (Å²) >= 11 is 0. The molecule has 1 aliphatic heterocycles. The SMILES string of the molecule is COC(=O)C(C(C)C)n1cncc1C1CCCN1. The molecule has 0 saturated carbocycles. The van der Waals surface area contributed by atoms with Gasteiger partial charge in [-0.2, -0.15) is 0 Å². The Bertz CT molecular complexity index is 408. The molecule has 2 atom stereocenters. The van der Waals surface area contributed by atoms with E-state index in [1.807, 2.05) is 24.6 Å². The minimum Gasteiger partial charge on any atom is -0.467 e. The Balaban J connectivity index is 2.30. The predicted molar refractivity (Wildman–Crippen MR) is 68.1 cm³/mol. The van der Waals surface area contributed by atoms with Crippen LogP contribution in [-0.4, -0.2) is 29.2 Å². The zero-order chi connectivity index (χ0) is 13.1. The molecular formula is C13H21N3O2. The molecule has 1 aromatic rings. The van der Waals surface area contributed by atoms with E-state index in [4.69, 9.17) is 4.74 Å². The summed E-state index contributed by atoms with van der Waals surface area (Å²) in [6, 6.07) is 0.00769. The maximum Gasteiger partial charge on any atom is 0.329 e. The Labute approximate surface area is 108 Å². The fourth-order valence-corrected chi connectivity index (χ4v) is 2.58. The van der Waals surface area contributed by atoms with Crippen molar-refractivity contribution in [1.29, 1.82) is 0 Å². The Morgan fingerprint density at radius 2 is 2.39 bits per heavy atom. The first kappa shape index (κ1) is 13.1. The fourth-order valence-electron chi connectivity index (χ4n) is 2.58. The van der Waals surface area contributed by atoms with Crippen molar-refractivity contribution in [1.82, 2.24) is 14.9 Å². The van der Waals surface area contributed by atoms with Gasteiger partial charge in [-0.3, -0.25) is 0 Å². The van der Waals surface area contributed by atoms with Gasteiger partial charge in [0.1, 0.15) is 6.04 Å². The van der Waals surface area contributed by atoms with Gasteiger partial charge in [0, 0.05) is 12.2 Å². The number of esters is 1. The summed E-state index contributed by atoms with van der Waals surface area (Å²) in [6.07, 6.45) is 5.84. The smallest absolute Gasteiger partial charge is 0.329 e. The zero-order valence-corrected chi connectivity index (χ0v) is 11.2. The molecule has 1 saturated heterocycles. The van der Waals surface area contributed by atoms with Crippen molar-refractivity contribution in [3.05, 3.63) is 18.2 Å². The Morgan fingerprint density at radius 3 is 2.94 bits per heavy atom. The standard InChI is InChI=1S/C13H21N3O2/c1-9(2)12(13(17)18-3)16-8-14-7-11(16)10-5-4-6-15-10/h7-10,12,15H,4-6H2,1-3H3. The molecule has 1 fully saturated rings. The average Bonchev–Trinajstić information content (AvgIpc) is 2.97. The van der Waals surface area contributed by atoms with Gasteiger partial charge in [0.25, 0.3) is 0 Å². The molecule has 2 rings (SSSR count). The van der Waals surface area contributed by atoms with E-state index in [-0.39, 0.29) is 17.9 Å². The number of imidazole rings is 1. The number of methoxy groups -OCH3 is 1. The zero-order valence-electron chi connectivity index (χ0n) is 11.2. The molecule has 5 nitrogen and oxygen atoms in total. The van der Waals surface area contributed by atoms with Gasteiger partial charge < -0.3 is 14.6 Å². The van der Waals surface area contributed by atoms with Crippen molar-refractivity contribution in [3.63, 3.8) is 0 Å². The van der Waals surface area contributed by atoms with Crippen LogP contribution in [0.3, 0.4) is 0 Å². The summed E-state index contributed by atoms with van der Waals surface area (Å²) in [6.45, 7) is 5.07. The first-order valence-electron chi connectivity index (χ1n) is 6.48.